The van der Waals surface area contributed by atoms with Crippen LogP contribution in [0.25, 0.3) is 0 Å². The number of unbranched alkanes of at least 4 members (excludes halogenated alkanes) is 1. The van der Waals surface area contributed by atoms with E-state index in [1.165, 1.54) is 12.0 Å². The molecule has 0 aliphatic heterocycles. The molecule has 0 saturated heterocycles. The Kier molecular flexibility index (Phi) is 6.05. The number of hydrogen-bond donors (Lipinski definition) is 2. The minimum absolute atomic E-state index is 0.587. The summed E-state index contributed by atoms with van der Waals surface area (Å²) in [6.07, 6.45) is 2.30. The van der Waals surface area contributed by atoms with Crippen molar-refractivity contribution in [2.24, 2.45) is 5.73 Å². The molecular weight excluding hydrogens is 184 g/mol. The zero-order valence-electron chi connectivity index (χ0n) is 9.58. The minimum atomic E-state index is 0.587. The Morgan fingerprint density at radius 2 is 1.93 bits per heavy atom. The lowest BCUT2D eigenvalue weighted by Gasteiger charge is -2.12. The second-order valence-corrected chi connectivity index (χ2v) is 4.01. The number of nitrogens with one attached hydrogen (secondary N) is 1. The van der Waals surface area contributed by atoms with Gasteiger partial charge in [-0.05, 0) is 37.4 Å². The van der Waals surface area contributed by atoms with E-state index >= 15 is 0 Å². The molecule has 0 fully saturated rings. The first kappa shape index (κ1) is 12.2. The fraction of sp³-hybridized carbons (Fsp3) is 0.538. The molecule has 1 aromatic carbocycles. The molecule has 0 bridgehead atoms. The molecule has 1 rings (SSSR count). The maximum Gasteiger partial charge on any atom is 0.00174 e. The summed E-state index contributed by atoms with van der Waals surface area (Å²) >= 11 is 0. The zero-order chi connectivity index (χ0) is 10.9. The van der Waals surface area contributed by atoms with Gasteiger partial charge in [0.25, 0.3) is 0 Å². The van der Waals surface area contributed by atoms with Crippen molar-refractivity contribution in [3.63, 3.8) is 0 Å². The average molecular weight is 206 g/mol. The fourth-order valence-corrected chi connectivity index (χ4v) is 1.61. The van der Waals surface area contributed by atoms with E-state index in [0.29, 0.717) is 5.92 Å². The third kappa shape index (κ3) is 4.96. The van der Waals surface area contributed by atoms with Gasteiger partial charge in [0.05, 0.1) is 0 Å². The van der Waals surface area contributed by atoms with E-state index in [9.17, 15) is 0 Å². The van der Waals surface area contributed by atoms with Crippen molar-refractivity contribution in [1.82, 2.24) is 5.32 Å². The Morgan fingerprint density at radius 3 is 2.60 bits per heavy atom. The molecule has 0 radical (unpaired) electrons. The molecule has 0 aliphatic carbocycles. The molecule has 0 heterocycles. The highest BCUT2D eigenvalue weighted by Crippen LogP contribution is 2.12. The van der Waals surface area contributed by atoms with Gasteiger partial charge in [-0.2, -0.15) is 0 Å². The Labute approximate surface area is 92.9 Å². The highest BCUT2D eigenvalue weighted by molar-refractivity contribution is 5.18. The lowest BCUT2D eigenvalue weighted by atomic mass is 10.0. The first-order valence-electron chi connectivity index (χ1n) is 5.80. The Balaban J connectivity index is 2.16. The summed E-state index contributed by atoms with van der Waals surface area (Å²) in [4.78, 5) is 0. The van der Waals surface area contributed by atoms with E-state index in [0.717, 1.165) is 26.1 Å². The number of hydrogen-bond acceptors (Lipinski definition) is 2. The smallest absolute Gasteiger partial charge is 0.00174 e. The third-order valence-corrected chi connectivity index (χ3v) is 2.63. The number of rotatable bonds is 7. The summed E-state index contributed by atoms with van der Waals surface area (Å²) in [7, 11) is 0. The van der Waals surface area contributed by atoms with Gasteiger partial charge >= 0.3 is 0 Å². The first-order chi connectivity index (χ1) is 7.34. The van der Waals surface area contributed by atoms with E-state index in [-0.39, 0.29) is 0 Å². The van der Waals surface area contributed by atoms with Crippen LogP contribution in [0.4, 0.5) is 0 Å². The summed E-state index contributed by atoms with van der Waals surface area (Å²) in [6.45, 7) is 5.18. The van der Waals surface area contributed by atoms with Gasteiger partial charge in [-0.1, -0.05) is 37.3 Å². The van der Waals surface area contributed by atoms with Crippen LogP contribution in [-0.2, 0) is 0 Å². The van der Waals surface area contributed by atoms with Crippen molar-refractivity contribution < 1.29 is 0 Å². The van der Waals surface area contributed by atoms with E-state index in [2.05, 4.69) is 42.6 Å². The van der Waals surface area contributed by atoms with Gasteiger partial charge in [0.15, 0.2) is 0 Å². The van der Waals surface area contributed by atoms with Crippen molar-refractivity contribution in [2.45, 2.75) is 25.7 Å². The maximum absolute atomic E-state index is 5.43. The number of nitrogens with two attached hydrogens (primary N) is 1. The average Bonchev–Trinajstić information content (AvgIpc) is 2.30. The predicted molar refractivity (Wildman–Crippen MR) is 66.0 cm³/mol. The molecule has 0 saturated carbocycles. The van der Waals surface area contributed by atoms with Crippen LogP contribution in [-0.4, -0.2) is 19.6 Å². The largest absolute Gasteiger partial charge is 0.330 e. The van der Waals surface area contributed by atoms with E-state index in [1.54, 1.807) is 0 Å². The SMILES string of the molecule is CC(CNCCCCN)c1ccccc1. The van der Waals surface area contributed by atoms with Gasteiger partial charge in [0.2, 0.25) is 0 Å². The van der Waals surface area contributed by atoms with Crippen molar-refractivity contribution in [3.05, 3.63) is 35.9 Å². The van der Waals surface area contributed by atoms with Crippen LogP contribution in [0.15, 0.2) is 30.3 Å². The molecule has 1 aromatic rings. The van der Waals surface area contributed by atoms with Crippen LogP contribution in [0.2, 0.25) is 0 Å². The zero-order valence-corrected chi connectivity index (χ0v) is 9.58. The predicted octanol–water partition coefficient (Wildman–Crippen LogP) is 2.12. The molecule has 3 N–H and O–H groups in total. The van der Waals surface area contributed by atoms with Gasteiger partial charge in [-0.25, -0.2) is 0 Å². The van der Waals surface area contributed by atoms with Crippen LogP contribution in [0.5, 0.6) is 0 Å². The molecule has 84 valence electrons. The summed E-state index contributed by atoms with van der Waals surface area (Å²) in [6, 6.07) is 10.6. The topological polar surface area (TPSA) is 38.0 Å². The second-order valence-electron chi connectivity index (χ2n) is 4.01. The first-order valence-corrected chi connectivity index (χ1v) is 5.80. The summed E-state index contributed by atoms with van der Waals surface area (Å²) in [5.41, 5.74) is 6.84. The van der Waals surface area contributed by atoms with Crippen LogP contribution in [0.3, 0.4) is 0 Å². The van der Waals surface area contributed by atoms with Crippen molar-refractivity contribution in [3.8, 4) is 0 Å². The van der Waals surface area contributed by atoms with E-state index in [1.807, 2.05) is 0 Å². The van der Waals surface area contributed by atoms with Crippen LogP contribution in [0, 0.1) is 0 Å². The van der Waals surface area contributed by atoms with Gasteiger partial charge < -0.3 is 11.1 Å². The van der Waals surface area contributed by atoms with Crippen molar-refractivity contribution in [2.75, 3.05) is 19.6 Å². The monoisotopic (exact) mass is 206 g/mol. The Hall–Kier alpha value is -0.860. The van der Waals surface area contributed by atoms with Gasteiger partial charge in [-0.15, -0.1) is 0 Å². The molecule has 2 heteroatoms. The maximum atomic E-state index is 5.43. The number of benzene rings is 1. The highest BCUT2D eigenvalue weighted by atomic mass is 14.8. The summed E-state index contributed by atoms with van der Waals surface area (Å²) < 4.78 is 0. The van der Waals surface area contributed by atoms with Crippen molar-refractivity contribution in [1.29, 1.82) is 0 Å². The summed E-state index contributed by atoms with van der Waals surface area (Å²) in [5, 5.41) is 3.46. The molecule has 2 nitrogen and oxygen atoms in total. The molecule has 15 heavy (non-hydrogen) atoms. The van der Waals surface area contributed by atoms with Gasteiger partial charge in [0, 0.05) is 6.54 Å². The normalized spacial score (nSPS) is 12.7. The lowest BCUT2D eigenvalue weighted by Crippen LogP contribution is -2.21. The molecular formula is C13H22N2. The fourth-order valence-electron chi connectivity index (χ4n) is 1.61. The third-order valence-electron chi connectivity index (χ3n) is 2.63. The Bertz CT molecular complexity index is 246. The summed E-state index contributed by atoms with van der Waals surface area (Å²) in [5.74, 6) is 0.587. The van der Waals surface area contributed by atoms with Crippen LogP contribution in [0.1, 0.15) is 31.2 Å². The van der Waals surface area contributed by atoms with Gasteiger partial charge in [-0.3, -0.25) is 0 Å². The quantitative estimate of drug-likeness (QED) is 0.671. The van der Waals surface area contributed by atoms with Crippen LogP contribution >= 0.6 is 0 Å². The highest BCUT2D eigenvalue weighted by Gasteiger charge is 2.02. The van der Waals surface area contributed by atoms with E-state index in [4.69, 9.17) is 5.73 Å². The second kappa shape index (κ2) is 7.43. The van der Waals surface area contributed by atoms with Crippen LogP contribution < -0.4 is 11.1 Å². The molecule has 1 atom stereocenters. The molecule has 1 unspecified atom stereocenters. The molecule has 0 aliphatic rings. The lowest BCUT2D eigenvalue weighted by molar-refractivity contribution is 0.584. The van der Waals surface area contributed by atoms with E-state index < -0.39 is 0 Å². The molecule has 0 aromatic heterocycles. The Morgan fingerprint density at radius 1 is 1.20 bits per heavy atom. The van der Waals surface area contributed by atoms with Crippen molar-refractivity contribution >= 4 is 0 Å². The standard InChI is InChI=1S/C13H22N2/c1-12(11-15-10-6-5-9-14)13-7-3-2-4-8-13/h2-4,7-8,12,15H,5-6,9-11,14H2,1H3. The van der Waals surface area contributed by atoms with Gasteiger partial charge in [0.1, 0.15) is 0 Å². The molecule has 0 amide bonds. The molecule has 0 spiro atoms. The minimum Gasteiger partial charge on any atom is -0.330 e.